The third-order valence-electron chi connectivity index (χ3n) is 4.94. The molecule has 0 bridgehead atoms. The quantitative estimate of drug-likeness (QED) is 0.788. The van der Waals surface area contributed by atoms with Gasteiger partial charge in [-0.2, -0.15) is 5.26 Å². The molecule has 0 aromatic carbocycles. The molecule has 2 unspecified atom stereocenters. The fraction of sp³-hybridized carbons (Fsp3) is 0.933. The molecule has 1 saturated heterocycles. The first-order valence-electron chi connectivity index (χ1n) is 7.75. The van der Waals surface area contributed by atoms with Crippen LogP contribution in [0.2, 0.25) is 0 Å². The minimum absolute atomic E-state index is 0.395. The van der Waals surface area contributed by atoms with Crippen molar-refractivity contribution in [3.8, 4) is 6.07 Å². The number of hydrogen-bond acceptors (Lipinski definition) is 4. The van der Waals surface area contributed by atoms with Gasteiger partial charge >= 0.3 is 0 Å². The fourth-order valence-electron chi connectivity index (χ4n) is 3.46. The predicted octanol–water partition coefficient (Wildman–Crippen LogP) is 1.43. The Morgan fingerprint density at radius 1 is 1.32 bits per heavy atom. The second kappa shape index (κ2) is 6.69. The summed E-state index contributed by atoms with van der Waals surface area (Å²) in [7, 11) is 2.19. The summed E-state index contributed by atoms with van der Waals surface area (Å²) in [5.74, 6) is 0.395. The van der Waals surface area contributed by atoms with Crippen molar-refractivity contribution in [1.82, 2.24) is 9.80 Å². The highest BCUT2D eigenvalue weighted by atomic mass is 15.2. The van der Waals surface area contributed by atoms with Gasteiger partial charge in [0.05, 0.1) is 6.07 Å². The monoisotopic (exact) mass is 264 g/mol. The molecule has 4 heteroatoms. The Bertz CT molecular complexity index is 319. The molecule has 2 fully saturated rings. The highest BCUT2D eigenvalue weighted by molar-refractivity contribution is 5.11. The Hall–Kier alpha value is -0.630. The summed E-state index contributed by atoms with van der Waals surface area (Å²) in [6.07, 6.45) is 6.93. The van der Waals surface area contributed by atoms with Crippen molar-refractivity contribution in [3.05, 3.63) is 0 Å². The average molecular weight is 264 g/mol. The van der Waals surface area contributed by atoms with Crippen LogP contribution in [0.25, 0.3) is 0 Å². The molecule has 1 saturated carbocycles. The Kier molecular flexibility index (Phi) is 5.20. The van der Waals surface area contributed by atoms with Crippen molar-refractivity contribution in [1.29, 1.82) is 5.26 Å². The number of nitrogens with two attached hydrogens (primary N) is 1. The fourth-order valence-corrected chi connectivity index (χ4v) is 3.46. The van der Waals surface area contributed by atoms with E-state index in [-0.39, 0.29) is 0 Å². The molecule has 2 atom stereocenters. The zero-order valence-electron chi connectivity index (χ0n) is 12.3. The SMILES string of the molecule is CN(CCC1CCCC1(N)C#N)CCN1CCCC1. The first-order valence-corrected chi connectivity index (χ1v) is 7.75. The van der Waals surface area contributed by atoms with E-state index in [2.05, 4.69) is 22.9 Å². The molecular weight excluding hydrogens is 236 g/mol. The van der Waals surface area contributed by atoms with E-state index < -0.39 is 5.54 Å². The lowest BCUT2D eigenvalue weighted by molar-refractivity contribution is 0.235. The Morgan fingerprint density at radius 3 is 2.74 bits per heavy atom. The zero-order chi connectivity index (χ0) is 13.7. The van der Waals surface area contributed by atoms with Gasteiger partial charge in [0.2, 0.25) is 0 Å². The molecule has 19 heavy (non-hydrogen) atoms. The molecule has 1 aliphatic heterocycles. The Labute approximate surface area is 117 Å². The lowest BCUT2D eigenvalue weighted by Crippen LogP contribution is -2.43. The van der Waals surface area contributed by atoms with E-state index in [1.165, 1.54) is 32.5 Å². The lowest BCUT2D eigenvalue weighted by atomic mass is 9.87. The van der Waals surface area contributed by atoms with E-state index in [4.69, 9.17) is 5.73 Å². The molecule has 4 nitrogen and oxygen atoms in total. The van der Waals surface area contributed by atoms with Gasteiger partial charge in [-0.05, 0) is 64.7 Å². The number of rotatable bonds is 6. The van der Waals surface area contributed by atoms with E-state index in [0.29, 0.717) is 5.92 Å². The largest absolute Gasteiger partial charge is 0.313 e. The molecule has 108 valence electrons. The van der Waals surface area contributed by atoms with Crippen molar-refractivity contribution in [3.63, 3.8) is 0 Å². The molecule has 1 aliphatic carbocycles. The van der Waals surface area contributed by atoms with Crippen LogP contribution in [0.15, 0.2) is 0 Å². The van der Waals surface area contributed by atoms with Gasteiger partial charge in [0, 0.05) is 13.1 Å². The third kappa shape index (κ3) is 3.92. The van der Waals surface area contributed by atoms with Crippen LogP contribution in [0.1, 0.15) is 38.5 Å². The van der Waals surface area contributed by atoms with Gasteiger partial charge in [-0.3, -0.25) is 0 Å². The van der Waals surface area contributed by atoms with Crippen molar-refractivity contribution in [2.24, 2.45) is 11.7 Å². The molecule has 0 amide bonds. The van der Waals surface area contributed by atoms with Crippen molar-refractivity contribution < 1.29 is 0 Å². The van der Waals surface area contributed by atoms with Gasteiger partial charge in [-0.15, -0.1) is 0 Å². The number of nitrogens with zero attached hydrogens (tertiary/aromatic N) is 3. The summed E-state index contributed by atoms with van der Waals surface area (Å²) >= 11 is 0. The molecule has 2 aliphatic rings. The number of hydrogen-bond donors (Lipinski definition) is 1. The first-order chi connectivity index (χ1) is 9.14. The minimum Gasteiger partial charge on any atom is -0.313 e. The predicted molar refractivity (Wildman–Crippen MR) is 77.7 cm³/mol. The maximum absolute atomic E-state index is 9.21. The van der Waals surface area contributed by atoms with Gasteiger partial charge in [0.25, 0.3) is 0 Å². The molecule has 2 N–H and O–H groups in total. The summed E-state index contributed by atoms with van der Waals surface area (Å²) in [6, 6.07) is 2.34. The molecule has 0 aromatic rings. The highest BCUT2D eigenvalue weighted by Gasteiger charge is 2.39. The van der Waals surface area contributed by atoms with Crippen molar-refractivity contribution >= 4 is 0 Å². The normalized spacial score (nSPS) is 32.0. The van der Waals surface area contributed by atoms with Crippen LogP contribution < -0.4 is 5.73 Å². The van der Waals surface area contributed by atoms with Gasteiger partial charge in [-0.25, -0.2) is 0 Å². The highest BCUT2D eigenvalue weighted by Crippen LogP contribution is 2.35. The van der Waals surface area contributed by atoms with Gasteiger partial charge in [0.15, 0.2) is 0 Å². The summed E-state index contributed by atoms with van der Waals surface area (Å²) in [5, 5.41) is 9.21. The van der Waals surface area contributed by atoms with Gasteiger partial charge in [0.1, 0.15) is 5.54 Å². The Morgan fingerprint density at radius 2 is 2.05 bits per heavy atom. The van der Waals surface area contributed by atoms with Gasteiger partial charge in [-0.1, -0.05) is 6.42 Å². The van der Waals surface area contributed by atoms with E-state index in [1.54, 1.807) is 0 Å². The topological polar surface area (TPSA) is 56.3 Å². The van der Waals surface area contributed by atoms with Gasteiger partial charge < -0.3 is 15.5 Å². The van der Waals surface area contributed by atoms with E-state index >= 15 is 0 Å². The second-order valence-electron chi connectivity index (χ2n) is 6.38. The lowest BCUT2D eigenvalue weighted by Gasteiger charge is -2.27. The molecule has 0 radical (unpaired) electrons. The van der Waals surface area contributed by atoms with Crippen molar-refractivity contribution in [2.75, 3.05) is 39.8 Å². The maximum Gasteiger partial charge on any atom is 0.107 e. The van der Waals surface area contributed by atoms with E-state index in [1.807, 2.05) is 0 Å². The molecule has 2 rings (SSSR count). The van der Waals surface area contributed by atoms with Crippen molar-refractivity contribution in [2.45, 2.75) is 44.1 Å². The van der Waals surface area contributed by atoms with Crippen LogP contribution >= 0.6 is 0 Å². The van der Waals surface area contributed by atoms with Crippen LogP contribution in [0.5, 0.6) is 0 Å². The zero-order valence-corrected chi connectivity index (χ0v) is 12.3. The summed E-state index contributed by atoms with van der Waals surface area (Å²) in [5.41, 5.74) is 5.63. The minimum atomic E-state index is -0.546. The van der Waals surface area contributed by atoms with E-state index in [0.717, 1.165) is 38.8 Å². The summed E-state index contributed by atoms with van der Waals surface area (Å²) < 4.78 is 0. The standard InChI is InChI=1S/C15H28N4/c1-18(11-12-19-8-2-3-9-19)10-6-14-5-4-7-15(14,17)13-16/h14H,2-12,17H2,1H3. The summed E-state index contributed by atoms with van der Waals surface area (Å²) in [4.78, 5) is 4.95. The number of nitriles is 1. The smallest absolute Gasteiger partial charge is 0.107 e. The first kappa shape index (κ1) is 14.8. The Balaban J connectivity index is 1.65. The van der Waals surface area contributed by atoms with Crippen LogP contribution in [0.3, 0.4) is 0 Å². The van der Waals surface area contributed by atoms with Crippen LogP contribution in [0.4, 0.5) is 0 Å². The van der Waals surface area contributed by atoms with Crippen LogP contribution in [-0.2, 0) is 0 Å². The van der Waals surface area contributed by atoms with E-state index in [9.17, 15) is 5.26 Å². The third-order valence-corrected chi connectivity index (χ3v) is 4.94. The average Bonchev–Trinajstić information content (AvgIpc) is 3.04. The van der Waals surface area contributed by atoms with Crippen LogP contribution in [-0.4, -0.2) is 55.1 Å². The second-order valence-corrected chi connectivity index (χ2v) is 6.38. The number of likely N-dealkylation sites (tertiary alicyclic amines) is 1. The molecule has 0 aromatic heterocycles. The molecular formula is C15H28N4. The molecule has 1 heterocycles. The number of likely N-dealkylation sites (N-methyl/N-ethyl adjacent to an activating group) is 1. The maximum atomic E-state index is 9.21. The molecule has 0 spiro atoms. The van der Waals surface area contributed by atoms with Crippen LogP contribution in [0, 0.1) is 17.2 Å². The summed E-state index contributed by atoms with van der Waals surface area (Å²) in [6.45, 7) is 5.94.